The SMILES string of the molecule is Cn1cnc(C2CC3CC(O)(C(F)(F)C(=O)NC(C)(C)CO)CC3C2)c1C(=O)Nc1ccc(F)c(Cl)c1. The van der Waals surface area contributed by atoms with Crippen molar-refractivity contribution in [2.75, 3.05) is 11.9 Å². The lowest BCUT2D eigenvalue weighted by molar-refractivity contribution is -0.194. The summed E-state index contributed by atoms with van der Waals surface area (Å²) in [5.74, 6) is -7.50. The van der Waals surface area contributed by atoms with Crippen LogP contribution >= 0.6 is 11.6 Å². The Balaban J connectivity index is 1.47. The normalized spacial score (nSPS) is 25.7. The summed E-state index contributed by atoms with van der Waals surface area (Å²) >= 11 is 5.80. The number of aryl methyl sites for hydroxylation is 1. The average molecular weight is 543 g/mol. The number of anilines is 1. The van der Waals surface area contributed by atoms with Gasteiger partial charge in [0.25, 0.3) is 11.8 Å². The summed E-state index contributed by atoms with van der Waals surface area (Å²) in [7, 11) is 1.66. The zero-order valence-electron chi connectivity index (χ0n) is 20.7. The van der Waals surface area contributed by atoms with Gasteiger partial charge >= 0.3 is 5.92 Å². The van der Waals surface area contributed by atoms with Crippen molar-refractivity contribution in [3.63, 3.8) is 0 Å². The number of aliphatic hydroxyl groups excluding tert-OH is 1. The van der Waals surface area contributed by atoms with E-state index in [-0.39, 0.29) is 41.3 Å². The van der Waals surface area contributed by atoms with Gasteiger partial charge in [-0.2, -0.15) is 8.78 Å². The molecule has 8 nitrogen and oxygen atoms in total. The van der Waals surface area contributed by atoms with Crippen LogP contribution in [0.25, 0.3) is 0 Å². The van der Waals surface area contributed by atoms with E-state index in [0.717, 1.165) is 6.07 Å². The van der Waals surface area contributed by atoms with Gasteiger partial charge in [-0.25, -0.2) is 9.37 Å². The van der Waals surface area contributed by atoms with E-state index in [2.05, 4.69) is 15.6 Å². The Morgan fingerprint density at radius 3 is 2.43 bits per heavy atom. The fourth-order valence-corrected chi connectivity index (χ4v) is 5.75. The van der Waals surface area contributed by atoms with Gasteiger partial charge in [0, 0.05) is 18.7 Å². The first kappa shape index (κ1) is 27.4. The van der Waals surface area contributed by atoms with Crippen LogP contribution in [0.5, 0.6) is 0 Å². The van der Waals surface area contributed by atoms with E-state index < -0.39 is 41.3 Å². The fourth-order valence-electron chi connectivity index (χ4n) is 5.57. The van der Waals surface area contributed by atoms with Crippen molar-refractivity contribution in [3.05, 3.63) is 46.8 Å². The van der Waals surface area contributed by atoms with Gasteiger partial charge in [0.2, 0.25) is 0 Å². The smallest absolute Gasteiger partial charge is 0.352 e. The number of nitrogens with zero attached hydrogens (tertiary/aromatic N) is 2. The van der Waals surface area contributed by atoms with Crippen molar-refractivity contribution < 1.29 is 33.0 Å². The number of alkyl halides is 2. The van der Waals surface area contributed by atoms with E-state index in [1.165, 1.54) is 32.3 Å². The quantitative estimate of drug-likeness (QED) is 0.426. The van der Waals surface area contributed by atoms with Gasteiger partial charge in [-0.1, -0.05) is 11.6 Å². The lowest BCUT2D eigenvalue weighted by Crippen LogP contribution is -2.60. The van der Waals surface area contributed by atoms with E-state index in [4.69, 9.17) is 11.6 Å². The number of aromatic nitrogens is 2. The standard InChI is InChI=1S/C25H30ClF3N4O4/c1-23(2,11-34)32-22(36)25(28,29)24(37)9-14-6-13(7-15(14)10-24)19-20(33(3)12-30-19)21(35)31-16-4-5-18(27)17(26)8-16/h4-5,8,12-15,34,37H,6-7,9-11H2,1-3H3,(H,31,35)(H,32,36). The molecule has 4 N–H and O–H groups in total. The third-order valence-electron chi connectivity index (χ3n) is 7.50. The minimum absolute atomic E-state index is 0.135. The van der Waals surface area contributed by atoms with Crippen molar-refractivity contribution in [1.82, 2.24) is 14.9 Å². The van der Waals surface area contributed by atoms with Gasteiger partial charge in [0.1, 0.15) is 17.1 Å². The van der Waals surface area contributed by atoms with Crippen molar-refractivity contribution >= 4 is 29.1 Å². The van der Waals surface area contributed by atoms with Crippen molar-refractivity contribution in [3.8, 4) is 0 Å². The number of nitrogens with one attached hydrogen (secondary N) is 2. The highest BCUT2D eigenvalue weighted by Crippen LogP contribution is 2.57. The van der Waals surface area contributed by atoms with Gasteiger partial charge in [0.05, 0.1) is 29.2 Å². The Labute approximate surface area is 217 Å². The molecule has 1 aromatic heterocycles. The molecule has 2 aliphatic carbocycles. The van der Waals surface area contributed by atoms with Crippen LogP contribution in [0.3, 0.4) is 0 Å². The Kier molecular flexibility index (Phi) is 7.11. The first-order chi connectivity index (χ1) is 17.2. The summed E-state index contributed by atoms with van der Waals surface area (Å²) in [5.41, 5.74) is -2.65. The first-order valence-corrected chi connectivity index (χ1v) is 12.4. The highest BCUT2D eigenvalue weighted by molar-refractivity contribution is 6.31. The number of imidazole rings is 1. The molecule has 202 valence electrons. The summed E-state index contributed by atoms with van der Waals surface area (Å²) in [5, 5.41) is 24.8. The van der Waals surface area contributed by atoms with Crippen LogP contribution in [-0.4, -0.2) is 55.2 Å². The predicted molar refractivity (Wildman–Crippen MR) is 130 cm³/mol. The number of hydrogen-bond donors (Lipinski definition) is 4. The Bertz CT molecular complexity index is 1200. The van der Waals surface area contributed by atoms with E-state index >= 15 is 8.78 Å². The van der Waals surface area contributed by atoms with Gasteiger partial charge < -0.3 is 25.4 Å². The molecule has 0 saturated heterocycles. The molecule has 2 amide bonds. The number of fused-ring (bicyclic) bond motifs is 1. The fraction of sp³-hybridized carbons (Fsp3) is 0.560. The molecule has 0 radical (unpaired) electrons. The Morgan fingerprint density at radius 2 is 1.86 bits per heavy atom. The van der Waals surface area contributed by atoms with Crippen molar-refractivity contribution in [2.24, 2.45) is 18.9 Å². The largest absolute Gasteiger partial charge is 0.394 e. The molecule has 2 saturated carbocycles. The van der Waals surface area contributed by atoms with Crippen LogP contribution in [0.1, 0.15) is 61.6 Å². The maximum absolute atomic E-state index is 15.1. The van der Waals surface area contributed by atoms with E-state index in [0.29, 0.717) is 24.2 Å². The molecular weight excluding hydrogens is 513 g/mol. The van der Waals surface area contributed by atoms with Crippen LogP contribution < -0.4 is 10.6 Å². The first-order valence-electron chi connectivity index (χ1n) is 12.0. The van der Waals surface area contributed by atoms with Crippen LogP contribution in [0.15, 0.2) is 24.5 Å². The summed E-state index contributed by atoms with van der Waals surface area (Å²) in [4.78, 5) is 29.8. The average Bonchev–Trinajstić information content (AvgIpc) is 3.47. The number of amides is 2. The molecule has 1 heterocycles. The van der Waals surface area contributed by atoms with Crippen LogP contribution in [-0.2, 0) is 11.8 Å². The zero-order chi connectivity index (χ0) is 27.3. The number of carbonyl (C=O) groups is 2. The highest BCUT2D eigenvalue weighted by atomic mass is 35.5. The lowest BCUT2D eigenvalue weighted by atomic mass is 9.87. The third-order valence-corrected chi connectivity index (χ3v) is 7.79. The molecular formula is C25H30ClF3N4O4. The van der Waals surface area contributed by atoms with E-state index in [9.17, 15) is 24.2 Å². The molecule has 12 heteroatoms. The molecule has 0 aliphatic heterocycles. The lowest BCUT2D eigenvalue weighted by Gasteiger charge is -2.35. The minimum Gasteiger partial charge on any atom is -0.394 e. The third kappa shape index (κ3) is 5.08. The number of hydrogen-bond acceptors (Lipinski definition) is 5. The number of rotatable bonds is 7. The number of benzene rings is 1. The molecule has 1 aromatic carbocycles. The molecule has 37 heavy (non-hydrogen) atoms. The second-order valence-electron chi connectivity index (χ2n) is 10.9. The van der Waals surface area contributed by atoms with Crippen LogP contribution in [0, 0.1) is 17.7 Å². The predicted octanol–water partition coefficient (Wildman–Crippen LogP) is 3.62. The number of aliphatic hydroxyl groups is 2. The van der Waals surface area contributed by atoms with E-state index in [1.54, 1.807) is 11.6 Å². The maximum atomic E-state index is 15.1. The Hall–Kier alpha value is -2.63. The molecule has 0 spiro atoms. The molecule has 4 rings (SSSR count). The van der Waals surface area contributed by atoms with Gasteiger partial charge in [-0.05, 0) is 69.6 Å². The number of carbonyl (C=O) groups excluding carboxylic acids is 2. The number of halogens is 4. The van der Waals surface area contributed by atoms with Crippen LogP contribution in [0.4, 0.5) is 18.9 Å². The summed E-state index contributed by atoms with van der Waals surface area (Å²) in [6, 6.07) is 3.82. The van der Waals surface area contributed by atoms with Crippen LogP contribution in [0.2, 0.25) is 5.02 Å². The minimum atomic E-state index is -4.04. The molecule has 2 aromatic rings. The zero-order valence-corrected chi connectivity index (χ0v) is 21.5. The van der Waals surface area contributed by atoms with Crippen molar-refractivity contribution in [2.45, 2.75) is 62.5 Å². The monoisotopic (exact) mass is 542 g/mol. The second kappa shape index (κ2) is 9.59. The maximum Gasteiger partial charge on any atom is 0.352 e. The summed E-state index contributed by atoms with van der Waals surface area (Å²) in [6.07, 6.45) is 1.81. The van der Waals surface area contributed by atoms with E-state index in [1.807, 2.05) is 0 Å². The van der Waals surface area contributed by atoms with Crippen molar-refractivity contribution in [1.29, 1.82) is 0 Å². The summed E-state index contributed by atoms with van der Waals surface area (Å²) in [6.45, 7) is 2.28. The van der Waals surface area contributed by atoms with Gasteiger partial charge in [-0.15, -0.1) is 0 Å². The molecule has 2 aliphatic rings. The van der Waals surface area contributed by atoms with Gasteiger partial charge in [-0.3, -0.25) is 9.59 Å². The second-order valence-corrected chi connectivity index (χ2v) is 11.3. The van der Waals surface area contributed by atoms with Gasteiger partial charge in [0.15, 0.2) is 0 Å². The highest BCUT2D eigenvalue weighted by Gasteiger charge is 2.65. The Morgan fingerprint density at radius 1 is 1.24 bits per heavy atom. The summed E-state index contributed by atoms with van der Waals surface area (Å²) < 4.78 is 45.2. The molecule has 0 bridgehead atoms. The molecule has 2 fully saturated rings. The molecule has 2 unspecified atom stereocenters. The molecule has 2 atom stereocenters. The topological polar surface area (TPSA) is 116 Å².